The number of aromatic nitrogens is 3. The van der Waals surface area contributed by atoms with Crippen molar-refractivity contribution in [2.24, 2.45) is 0 Å². The molecule has 8 nitrogen and oxygen atoms in total. The average Bonchev–Trinajstić information content (AvgIpc) is 3.31. The summed E-state index contributed by atoms with van der Waals surface area (Å²) >= 11 is 0.752. The quantitative estimate of drug-likeness (QED) is 0.345. The van der Waals surface area contributed by atoms with E-state index in [9.17, 15) is 18.5 Å². The summed E-state index contributed by atoms with van der Waals surface area (Å²) in [5.74, 6) is -0.797. The zero-order chi connectivity index (χ0) is 22.8. The number of hydrogen-bond donors (Lipinski definition) is 1. The van der Waals surface area contributed by atoms with Gasteiger partial charge in [0, 0.05) is 17.1 Å². The molecule has 0 radical (unpaired) electrons. The van der Waals surface area contributed by atoms with Gasteiger partial charge in [0.15, 0.2) is 0 Å². The molecule has 2 heterocycles. The number of benzene rings is 1. The van der Waals surface area contributed by atoms with E-state index in [-0.39, 0.29) is 20.8 Å². The van der Waals surface area contributed by atoms with Crippen molar-refractivity contribution in [2.75, 3.05) is 11.1 Å². The molecular formula is C21H21N5O3S2. The van der Waals surface area contributed by atoms with Crippen LogP contribution in [0, 0.1) is 32.1 Å². The van der Waals surface area contributed by atoms with Crippen molar-refractivity contribution in [1.82, 2.24) is 14.8 Å². The van der Waals surface area contributed by atoms with Gasteiger partial charge in [-0.2, -0.15) is 5.26 Å². The summed E-state index contributed by atoms with van der Waals surface area (Å²) in [6, 6.07) is 11.9. The molecule has 1 N–H and O–H groups in total. The highest BCUT2D eigenvalue weighted by atomic mass is 32.2. The number of nitriles is 1. The fraction of sp³-hybridized carbons (Fsp3) is 0.238. The van der Waals surface area contributed by atoms with Crippen LogP contribution in [0.5, 0.6) is 0 Å². The highest BCUT2D eigenvalue weighted by molar-refractivity contribution is 7.93. The highest BCUT2D eigenvalue weighted by Gasteiger charge is 2.20. The van der Waals surface area contributed by atoms with Crippen LogP contribution in [0.15, 0.2) is 40.2 Å². The molecule has 10 heteroatoms. The van der Waals surface area contributed by atoms with E-state index in [2.05, 4.69) is 15.5 Å². The Kier molecular flexibility index (Phi) is 6.38. The number of amides is 1. The van der Waals surface area contributed by atoms with E-state index in [0.717, 1.165) is 39.5 Å². The summed E-state index contributed by atoms with van der Waals surface area (Å²) in [7, 11) is -3.51. The first-order valence-electron chi connectivity index (χ1n) is 9.41. The van der Waals surface area contributed by atoms with Gasteiger partial charge in [-0.1, -0.05) is 36.0 Å². The van der Waals surface area contributed by atoms with Crippen molar-refractivity contribution in [3.8, 4) is 11.8 Å². The van der Waals surface area contributed by atoms with Gasteiger partial charge < -0.3 is 4.57 Å². The topological polar surface area (TPSA) is 118 Å². The Labute approximate surface area is 184 Å². The van der Waals surface area contributed by atoms with E-state index in [1.54, 1.807) is 0 Å². The van der Waals surface area contributed by atoms with Crippen LogP contribution < -0.4 is 5.32 Å². The van der Waals surface area contributed by atoms with Crippen LogP contribution in [0.2, 0.25) is 0 Å². The van der Waals surface area contributed by atoms with E-state index >= 15 is 0 Å². The van der Waals surface area contributed by atoms with E-state index in [1.165, 1.54) is 13.0 Å². The number of carbonyl (C=O) groups excluding carboxylic acids is 1. The van der Waals surface area contributed by atoms with Crippen molar-refractivity contribution in [3.63, 3.8) is 0 Å². The van der Waals surface area contributed by atoms with Crippen molar-refractivity contribution >= 4 is 38.3 Å². The zero-order valence-electron chi connectivity index (χ0n) is 17.5. The van der Waals surface area contributed by atoms with Gasteiger partial charge in [0.25, 0.3) is 5.91 Å². The first kappa shape index (κ1) is 22.4. The van der Waals surface area contributed by atoms with Crippen molar-refractivity contribution in [2.45, 2.75) is 32.0 Å². The first-order valence-corrected chi connectivity index (χ1v) is 11.9. The van der Waals surface area contributed by atoms with Gasteiger partial charge in [-0.05, 0) is 50.6 Å². The number of aryl methyl sites for hydroxylation is 2. The molecule has 31 heavy (non-hydrogen) atoms. The number of anilines is 1. The van der Waals surface area contributed by atoms with Crippen LogP contribution in [0.4, 0.5) is 5.13 Å². The van der Waals surface area contributed by atoms with Gasteiger partial charge in [0.05, 0.1) is 5.75 Å². The third kappa shape index (κ3) is 4.73. The molecule has 3 aromatic rings. The summed E-state index contributed by atoms with van der Waals surface area (Å²) in [4.78, 5) is 12.6. The standard InChI is InChI=1S/C21H21N5O3S2/c1-5-31(28,29)21-25-24-20(30-21)23-19(27)17(12-22)11-16-10-14(3)26(15(16)4)18-8-6-13(2)7-9-18/h6-11H,5H2,1-4H3,(H,23,24,27)/b17-11-. The monoisotopic (exact) mass is 455 g/mol. The molecule has 3 rings (SSSR count). The Morgan fingerprint density at radius 1 is 1.23 bits per heavy atom. The number of sulfone groups is 1. The Bertz CT molecular complexity index is 1310. The number of nitrogens with one attached hydrogen (secondary N) is 1. The van der Waals surface area contributed by atoms with Crippen LogP contribution in [-0.4, -0.2) is 34.8 Å². The molecule has 0 aliphatic rings. The van der Waals surface area contributed by atoms with E-state index in [1.807, 2.05) is 61.7 Å². The Hall–Kier alpha value is -3.29. The summed E-state index contributed by atoms with van der Waals surface area (Å²) in [6.07, 6.45) is 1.51. The van der Waals surface area contributed by atoms with Crippen LogP contribution in [0.3, 0.4) is 0 Å². The minimum Gasteiger partial charge on any atom is -0.318 e. The van der Waals surface area contributed by atoms with Gasteiger partial charge in [0.1, 0.15) is 11.6 Å². The van der Waals surface area contributed by atoms with Crippen LogP contribution >= 0.6 is 11.3 Å². The predicted octanol–water partition coefficient (Wildman–Crippen LogP) is 3.59. The van der Waals surface area contributed by atoms with Crippen LogP contribution in [0.25, 0.3) is 11.8 Å². The smallest absolute Gasteiger partial charge is 0.268 e. The molecule has 0 fully saturated rings. The lowest BCUT2D eigenvalue weighted by Gasteiger charge is -2.10. The number of nitrogens with zero attached hydrogens (tertiary/aromatic N) is 4. The zero-order valence-corrected chi connectivity index (χ0v) is 19.1. The van der Waals surface area contributed by atoms with E-state index in [0.29, 0.717) is 0 Å². The lowest BCUT2D eigenvalue weighted by molar-refractivity contribution is -0.112. The van der Waals surface area contributed by atoms with Gasteiger partial charge in [0.2, 0.25) is 19.3 Å². The SMILES string of the molecule is CCS(=O)(=O)c1nnc(NC(=O)/C(C#N)=C\c2cc(C)n(-c3ccc(C)cc3)c2C)s1. The Morgan fingerprint density at radius 3 is 2.52 bits per heavy atom. The third-order valence-corrected chi connectivity index (χ3v) is 7.72. The summed E-state index contributed by atoms with van der Waals surface area (Å²) in [5, 5.41) is 19.3. The molecule has 1 amide bonds. The van der Waals surface area contributed by atoms with Crippen molar-refractivity contribution in [1.29, 1.82) is 5.26 Å². The molecule has 0 atom stereocenters. The minimum absolute atomic E-state index is 0.0169. The summed E-state index contributed by atoms with van der Waals surface area (Å²) in [5.41, 5.74) is 4.59. The second-order valence-electron chi connectivity index (χ2n) is 6.90. The molecule has 0 spiro atoms. The fourth-order valence-electron chi connectivity index (χ4n) is 3.00. The molecule has 2 aromatic heterocycles. The number of carbonyl (C=O) groups is 1. The summed E-state index contributed by atoms with van der Waals surface area (Å²) in [6.45, 7) is 7.38. The lowest BCUT2D eigenvalue weighted by atomic mass is 10.1. The minimum atomic E-state index is -3.51. The maximum absolute atomic E-state index is 12.6. The molecule has 0 unspecified atom stereocenters. The van der Waals surface area contributed by atoms with Crippen molar-refractivity contribution < 1.29 is 13.2 Å². The highest BCUT2D eigenvalue weighted by Crippen LogP contribution is 2.24. The maximum atomic E-state index is 12.6. The van der Waals surface area contributed by atoms with Gasteiger partial charge in [-0.25, -0.2) is 8.42 Å². The molecule has 0 aliphatic carbocycles. The molecule has 160 valence electrons. The molecular weight excluding hydrogens is 434 g/mol. The van der Waals surface area contributed by atoms with E-state index in [4.69, 9.17) is 0 Å². The second-order valence-corrected chi connectivity index (χ2v) is 10.3. The molecule has 0 saturated heterocycles. The van der Waals surface area contributed by atoms with Gasteiger partial charge in [-0.3, -0.25) is 10.1 Å². The predicted molar refractivity (Wildman–Crippen MR) is 120 cm³/mol. The van der Waals surface area contributed by atoms with Gasteiger partial charge in [-0.15, -0.1) is 10.2 Å². The van der Waals surface area contributed by atoms with Crippen LogP contribution in [0.1, 0.15) is 29.4 Å². The second kappa shape index (κ2) is 8.83. The molecule has 0 saturated carbocycles. The lowest BCUT2D eigenvalue weighted by Crippen LogP contribution is -2.13. The summed E-state index contributed by atoms with van der Waals surface area (Å²) < 4.78 is 25.6. The first-order chi connectivity index (χ1) is 14.7. The normalized spacial score (nSPS) is 11.9. The van der Waals surface area contributed by atoms with Gasteiger partial charge >= 0.3 is 0 Å². The molecule has 0 aliphatic heterocycles. The fourth-order valence-corrected chi connectivity index (χ4v) is 4.99. The third-order valence-electron chi connectivity index (χ3n) is 4.70. The van der Waals surface area contributed by atoms with Crippen molar-refractivity contribution in [3.05, 3.63) is 58.4 Å². The average molecular weight is 456 g/mol. The largest absolute Gasteiger partial charge is 0.318 e. The Balaban J connectivity index is 1.88. The van der Waals surface area contributed by atoms with Crippen LogP contribution in [-0.2, 0) is 14.6 Å². The van der Waals surface area contributed by atoms with E-state index < -0.39 is 15.7 Å². The molecule has 1 aromatic carbocycles. The maximum Gasteiger partial charge on any atom is 0.268 e. The number of hydrogen-bond acceptors (Lipinski definition) is 7. The molecule has 0 bridgehead atoms. The number of rotatable bonds is 6. The Morgan fingerprint density at radius 2 is 1.90 bits per heavy atom.